The van der Waals surface area contributed by atoms with Gasteiger partial charge in [0.25, 0.3) is 0 Å². The molecular weight excluding hydrogens is 216 g/mol. The van der Waals surface area contributed by atoms with Gasteiger partial charge in [0, 0.05) is 33.6 Å². The van der Waals surface area contributed by atoms with Gasteiger partial charge in [0.15, 0.2) is 0 Å². The van der Waals surface area contributed by atoms with Crippen LogP contribution >= 0.6 is 0 Å². The zero-order valence-corrected chi connectivity index (χ0v) is 10.3. The summed E-state index contributed by atoms with van der Waals surface area (Å²) in [6.07, 6.45) is 0.782. The van der Waals surface area contributed by atoms with Gasteiger partial charge in [-0.05, 0) is 18.1 Å². The second-order valence-corrected chi connectivity index (χ2v) is 4.52. The Morgan fingerprint density at radius 3 is 2.71 bits per heavy atom. The standard InChI is InChI=1S/C13H18N2O2/c1-14-8-9-15(2)13-10(6-7-12(16)17)4-3-5-11(13)14/h3-5H,6-9H2,1-2H3,(H,16,17). The van der Waals surface area contributed by atoms with Crippen LogP contribution in [0.25, 0.3) is 0 Å². The predicted octanol–water partition coefficient (Wildman–Crippen LogP) is 1.59. The summed E-state index contributed by atoms with van der Waals surface area (Å²) in [6, 6.07) is 6.12. The molecule has 0 bridgehead atoms. The lowest BCUT2D eigenvalue weighted by Gasteiger charge is -2.36. The van der Waals surface area contributed by atoms with Crippen molar-refractivity contribution in [1.29, 1.82) is 0 Å². The van der Waals surface area contributed by atoms with Gasteiger partial charge >= 0.3 is 5.97 Å². The SMILES string of the molecule is CN1CCN(C)c2c(CCC(=O)O)cccc21. The molecule has 1 aromatic carbocycles. The Balaban J connectivity index is 2.33. The van der Waals surface area contributed by atoms with Crippen molar-refractivity contribution in [3.05, 3.63) is 23.8 Å². The minimum atomic E-state index is -0.741. The highest BCUT2D eigenvalue weighted by Gasteiger charge is 2.20. The number of benzene rings is 1. The maximum Gasteiger partial charge on any atom is 0.303 e. The average Bonchev–Trinajstić information content (AvgIpc) is 2.31. The summed E-state index contributed by atoms with van der Waals surface area (Å²) in [7, 11) is 4.14. The lowest BCUT2D eigenvalue weighted by molar-refractivity contribution is -0.136. The van der Waals surface area contributed by atoms with Gasteiger partial charge in [-0.2, -0.15) is 0 Å². The molecule has 92 valence electrons. The number of hydrogen-bond donors (Lipinski definition) is 1. The van der Waals surface area contributed by atoms with E-state index in [0.29, 0.717) is 6.42 Å². The van der Waals surface area contributed by atoms with Gasteiger partial charge in [-0.25, -0.2) is 0 Å². The number of carbonyl (C=O) groups is 1. The Morgan fingerprint density at radius 2 is 2.00 bits per heavy atom. The molecule has 17 heavy (non-hydrogen) atoms. The first-order chi connectivity index (χ1) is 8.09. The van der Waals surface area contributed by atoms with Crippen LogP contribution in [-0.4, -0.2) is 38.3 Å². The third-order valence-electron chi connectivity index (χ3n) is 3.27. The molecular formula is C13H18N2O2. The summed E-state index contributed by atoms with van der Waals surface area (Å²) in [4.78, 5) is 15.1. The van der Waals surface area contributed by atoms with Crippen molar-refractivity contribution >= 4 is 17.3 Å². The monoisotopic (exact) mass is 234 g/mol. The van der Waals surface area contributed by atoms with Crippen LogP contribution < -0.4 is 9.80 Å². The van der Waals surface area contributed by atoms with Gasteiger partial charge in [0.2, 0.25) is 0 Å². The van der Waals surface area contributed by atoms with Crippen LogP contribution in [0.5, 0.6) is 0 Å². The fourth-order valence-electron chi connectivity index (χ4n) is 2.30. The molecule has 0 atom stereocenters. The maximum atomic E-state index is 10.7. The molecule has 1 heterocycles. The van der Waals surface area contributed by atoms with Crippen LogP contribution in [0, 0.1) is 0 Å². The van der Waals surface area contributed by atoms with E-state index in [-0.39, 0.29) is 6.42 Å². The number of aryl methyl sites for hydroxylation is 1. The molecule has 1 aromatic rings. The Bertz CT molecular complexity index is 431. The summed E-state index contributed by atoms with van der Waals surface area (Å²) in [5.41, 5.74) is 3.50. The first-order valence-corrected chi connectivity index (χ1v) is 5.85. The van der Waals surface area contributed by atoms with Crippen molar-refractivity contribution in [3.63, 3.8) is 0 Å². The minimum Gasteiger partial charge on any atom is -0.481 e. The zero-order chi connectivity index (χ0) is 12.4. The first-order valence-electron chi connectivity index (χ1n) is 5.85. The molecule has 0 amide bonds. The van der Waals surface area contributed by atoms with E-state index in [1.165, 1.54) is 11.4 Å². The lowest BCUT2D eigenvalue weighted by Crippen LogP contribution is -2.37. The minimum absolute atomic E-state index is 0.188. The molecule has 0 saturated carbocycles. The van der Waals surface area contributed by atoms with Crippen LogP contribution in [-0.2, 0) is 11.2 Å². The molecule has 0 aromatic heterocycles. The number of aliphatic carboxylic acids is 1. The van der Waals surface area contributed by atoms with Crippen LogP contribution in [0.2, 0.25) is 0 Å². The van der Waals surface area contributed by atoms with E-state index >= 15 is 0 Å². The van der Waals surface area contributed by atoms with Gasteiger partial charge in [-0.1, -0.05) is 12.1 Å². The van der Waals surface area contributed by atoms with E-state index in [4.69, 9.17) is 5.11 Å². The van der Waals surface area contributed by atoms with Crippen molar-refractivity contribution in [3.8, 4) is 0 Å². The van der Waals surface area contributed by atoms with Crippen LogP contribution in [0.15, 0.2) is 18.2 Å². The zero-order valence-electron chi connectivity index (χ0n) is 10.3. The predicted molar refractivity (Wildman–Crippen MR) is 68.9 cm³/mol. The quantitative estimate of drug-likeness (QED) is 0.862. The molecule has 0 unspecified atom stereocenters. The van der Waals surface area contributed by atoms with Crippen LogP contribution in [0.4, 0.5) is 11.4 Å². The summed E-state index contributed by atoms with van der Waals surface area (Å²) < 4.78 is 0. The number of rotatable bonds is 3. The fourth-order valence-corrected chi connectivity index (χ4v) is 2.30. The van der Waals surface area contributed by atoms with Gasteiger partial charge in [-0.15, -0.1) is 0 Å². The number of carboxylic acids is 1. The third-order valence-corrected chi connectivity index (χ3v) is 3.27. The number of anilines is 2. The molecule has 0 spiro atoms. The van der Waals surface area contributed by atoms with E-state index in [1.807, 2.05) is 12.1 Å². The molecule has 4 nitrogen and oxygen atoms in total. The average molecular weight is 234 g/mol. The van der Waals surface area contributed by atoms with Gasteiger partial charge in [-0.3, -0.25) is 4.79 Å². The van der Waals surface area contributed by atoms with Gasteiger partial charge < -0.3 is 14.9 Å². The molecule has 0 saturated heterocycles. The number of nitrogens with zero attached hydrogens (tertiary/aromatic N) is 2. The Hall–Kier alpha value is -1.71. The first kappa shape index (κ1) is 11.8. The smallest absolute Gasteiger partial charge is 0.303 e. The van der Waals surface area contributed by atoms with Crippen LogP contribution in [0.1, 0.15) is 12.0 Å². The molecule has 2 rings (SSSR count). The highest BCUT2D eigenvalue weighted by atomic mass is 16.4. The van der Waals surface area contributed by atoms with Gasteiger partial charge in [0.05, 0.1) is 11.4 Å². The highest BCUT2D eigenvalue weighted by molar-refractivity contribution is 5.77. The summed E-state index contributed by atoms with van der Waals surface area (Å²) in [5.74, 6) is -0.741. The topological polar surface area (TPSA) is 43.8 Å². The van der Waals surface area contributed by atoms with Crippen molar-refractivity contribution in [2.75, 3.05) is 37.0 Å². The summed E-state index contributed by atoms with van der Waals surface area (Å²) in [6.45, 7) is 1.99. The number of para-hydroxylation sites is 1. The van der Waals surface area contributed by atoms with Crippen molar-refractivity contribution in [1.82, 2.24) is 0 Å². The van der Waals surface area contributed by atoms with Crippen molar-refractivity contribution in [2.45, 2.75) is 12.8 Å². The van der Waals surface area contributed by atoms with Crippen molar-refractivity contribution < 1.29 is 9.90 Å². The molecule has 1 aliphatic rings. The Morgan fingerprint density at radius 1 is 1.29 bits per heavy atom. The van der Waals surface area contributed by atoms with E-state index in [1.54, 1.807) is 0 Å². The molecule has 0 aliphatic carbocycles. The number of likely N-dealkylation sites (N-methyl/N-ethyl adjacent to an activating group) is 2. The number of fused-ring (bicyclic) bond motifs is 1. The van der Waals surface area contributed by atoms with Gasteiger partial charge in [0.1, 0.15) is 0 Å². The second kappa shape index (κ2) is 4.65. The Kier molecular flexibility index (Phi) is 3.22. The fraction of sp³-hybridized carbons (Fsp3) is 0.462. The maximum absolute atomic E-state index is 10.7. The van der Waals surface area contributed by atoms with E-state index < -0.39 is 5.97 Å². The molecule has 1 aliphatic heterocycles. The van der Waals surface area contributed by atoms with E-state index in [9.17, 15) is 4.79 Å². The van der Waals surface area contributed by atoms with E-state index in [2.05, 4.69) is 30.0 Å². The Labute approximate surface area is 101 Å². The lowest BCUT2D eigenvalue weighted by atomic mass is 10.0. The van der Waals surface area contributed by atoms with E-state index in [0.717, 1.165) is 18.7 Å². The summed E-state index contributed by atoms with van der Waals surface area (Å²) in [5, 5.41) is 8.77. The molecule has 1 N–H and O–H groups in total. The summed E-state index contributed by atoms with van der Waals surface area (Å²) >= 11 is 0. The van der Waals surface area contributed by atoms with Crippen molar-refractivity contribution in [2.24, 2.45) is 0 Å². The molecule has 4 heteroatoms. The third kappa shape index (κ3) is 2.35. The molecule has 0 radical (unpaired) electrons. The second-order valence-electron chi connectivity index (χ2n) is 4.52. The highest BCUT2D eigenvalue weighted by Crippen LogP contribution is 2.35. The number of carboxylic acid groups (broad SMARTS) is 1. The van der Waals surface area contributed by atoms with Crippen LogP contribution in [0.3, 0.4) is 0 Å². The normalized spacial score (nSPS) is 14.7. The largest absolute Gasteiger partial charge is 0.481 e. The molecule has 0 fully saturated rings. The number of hydrogen-bond acceptors (Lipinski definition) is 3.